The van der Waals surface area contributed by atoms with Crippen LogP contribution in [0.1, 0.15) is 27.7 Å². The van der Waals surface area contributed by atoms with E-state index >= 15 is 0 Å². The first-order valence-corrected chi connectivity index (χ1v) is 4.64. The minimum Gasteiger partial charge on any atom is -0.287 e. The van der Waals surface area contributed by atoms with Gasteiger partial charge in [-0.2, -0.15) is 0 Å². The Hall–Kier alpha value is -0.610. The number of carbonyl (C=O) groups excluding carboxylic acids is 1. The van der Waals surface area contributed by atoms with E-state index in [9.17, 15) is 4.79 Å². The van der Waals surface area contributed by atoms with Crippen LogP contribution in [0.2, 0.25) is 0 Å². The largest absolute Gasteiger partial charge is 0.287 e. The van der Waals surface area contributed by atoms with Crippen molar-refractivity contribution < 1.29 is 4.79 Å². The van der Waals surface area contributed by atoms with E-state index in [-0.39, 0.29) is 17.5 Å². The Kier molecular flexibility index (Phi) is 2.63. The number of rotatable bonds is 0. The summed E-state index contributed by atoms with van der Waals surface area (Å²) in [5, 5.41) is 1.34. The molecular weight excluding hydrogens is 166 g/mol. The number of nitrogens with zero attached hydrogens (tertiary/aromatic N) is 2. The van der Waals surface area contributed by atoms with Gasteiger partial charge in [-0.3, -0.25) is 14.7 Å². The Labute approximate surface area is 79.6 Å². The molecular formula is C9H19N3O. The highest BCUT2D eigenvalue weighted by Gasteiger charge is 2.33. The van der Waals surface area contributed by atoms with Gasteiger partial charge in [-0.05, 0) is 27.7 Å². The van der Waals surface area contributed by atoms with Crippen LogP contribution in [-0.2, 0) is 4.79 Å². The van der Waals surface area contributed by atoms with Gasteiger partial charge in [-0.25, -0.2) is 5.84 Å². The molecule has 1 fully saturated rings. The number of hydrazine groups is 1. The highest BCUT2D eigenvalue weighted by molar-refractivity contribution is 5.78. The molecule has 1 unspecified atom stereocenters. The molecule has 2 N–H and O–H groups in total. The van der Waals surface area contributed by atoms with Gasteiger partial charge < -0.3 is 0 Å². The maximum Gasteiger partial charge on any atom is 0.250 e. The Morgan fingerprint density at radius 2 is 2.00 bits per heavy atom. The van der Waals surface area contributed by atoms with Crippen LogP contribution in [0.4, 0.5) is 0 Å². The van der Waals surface area contributed by atoms with Gasteiger partial charge in [-0.1, -0.05) is 0 Å². The summed E-state index contributed by atoms with van der Waals surface area (Å²) in [6, 6.07) is 0.112. The lowest BCUT2D eigenvalue weighted by Crippen LogP contribution is -2.62. The Bertz CT molecular complexity index is 209. The molecule has 1 heterocycles. The molecule has 1 rings (SSSR count). The second-order valence-electron chi connectivity index (χ2n) is 4.70. The number of amides is 1. The zero-order valence-electron chi connectivity index (χ0n) is 8.87. The van der Waals surface area contributed by atoms with Gasteiger partial charge in [0.1, 0.15) is 0 Å². The Morgan fingerprint density at radius 1 is 1.46 bits per heavy atom. The van der Waals surface area contributed by atoms with Crippen LogP contribution in [0, 0.1) is 0 Å². The SMILES string of the molecule is CC1CN(C(C)(C)C)CC(=O)N1N. The summed E-state index contributed by atoms with van der Waals surface area (Å²) >= 11 is 0. The first kappa shape index (κ1) is 10.5. The third-order valence-corrected chi connectivity index (χ3v) is 2.52. The molecule has 0 aliphatic carbocycles. The van der Waals surface area contributed by atoms with E-state index < -0.39 is 0 Å². The number of hydrogen-bond acceptors (Lipinski definition) is 3. The smallest absolute Gasteiger partial charge is 0.250 e. The minimum atomic E-state index is 0.00803. The standard InChI is InChI=1S/C9H19N3O/c1-7-5-11(9(2,3)4)6-8(13)12(7)10/h7H,5-6,10H2,1-4H3. The van der Waals surface area contributed by atoms with Crippen molar-refractivity contribution in [3.05, 3.63) is 0 Å². The zero-order valence-corrected chi connectivity index (χ0v) is 8.87. The quantitative estimate of drug-likeness (QED) is 0.433. The summed E-state index contributed by atoms with van der Waals surface area (Å²) in [5.74, 6) is 5.59. The van der Waals surface area contributed by atoms with Gasteiger partial charge in [0.05, 0.1) is 12.6 Å². The third-order valence-electron chi connectivity index (χ3n) is 2.52. The lowest BCUT2D eigenvalue weighted by Gasteiger charge is -2.43. The fourth-order valence-corrected chi connectivity index (χ4v) is 1.47. The highest BCUT2D eigenvalue weighted by Crippen LogP contribution is 2.17. The first-order chi connectivity index (χ1) is 5.82. The molecule has 1 aliphatic rings. The number of piperazine rings is 1. The van der Waals surface area contributed by atoms with Gasteiger partial charge >= 0.3 is 0 Å². The average molecular weight is 185 g/mol. The molecule has 76 valence electrons. The second kappa shape index (κ2) is 3.27. The molecule has 13 heavy (non-hydrogen) atoms. The monoisotopic (exact) mass is 185 g/mol. The van der Waals surface area contributed by atoms with Crippen molar-refractivity contribution in [2.75, 3.05) is 13.1 Å². The van der Waals surface area contributed by atoms with E-state index in [1.165, 1.54) is 5.01 Å². The van der Waals surface area contributed by atoms with E-state index in [0.29, 0.717) is 6.54 Å². The van der Waals surface area contributed by atoms with Gasteiger partial charge in [0, 0.05) is 12.1 Å². The van der Waals surface area contributed by atoms with Gasteiger partial charge in [-0.15, -0.1) is 0 Å². The van der Waals surface area contributed by atoms with Crippen molar-refractivity contribution in [3.63, 3.8) is 0 Å². The first-order valence-electron chi connectivity index (χ1n) is 4.64. The van der Waals surface area contributed by atoms with Crippen LogP contribution < -0.4 is 5.84 Å². The molecule has 0 aromatic carbocycles. The molecule has 0 radical (unpaired) electrons. The predicted octanol–water partition coefficient (Wildman–Crippen LogP) is 0.191. The van der Waals surface area contributed by atoms with Crippen molar-refractivity contribution in [3.8, 4) is 0 Å². The van der Waals surface area contributed by atoms with Crippen molar-refractivity contribution in [1.29, 1.82) is 0 Å². The Balaban J connectivity index is 2.69. The van der Waals surface area contributed by atoms with E-state index in [2.05, 4.69) is 25.7 Å². The van der Waals surface area contributed by atoms with Crippen molar-refractivity contribution in [1.82, 2.24) is 9.91 Å². The zero-order chi connectivity index (χ0) is 10.2. The topological polar surface area (TPSA) is 49.6 Å². The lowest BCUT2D eigenvalue weighted by atomic mass is 10.0. The molecule has 0 spiro atoms. The molecule has 4 heteroatoms. The molecule has 0 aromatic heterocycles. The molecule has 1 aliphatic heterocycles. The summed E-state index contributed by atoms with van der Waals surface area (Å²) in [4.78, 5) is 13.6. The van der Waals surface area contributed by atoms with Crippen LogP contribution in [0.3, 0.4) is 0 Å². The van der Waals surface area contributed by atoms with Crippen LogP contribution in [0.15, 0.2) is 0 Å². The predicted molar refractivity (Wildman–Crippen MR) is 51.8 cm³/mol. The van der Waals surface area contributed by atoms with E-state index in [0.717, 1.165) is 6.54 Å². The fraction of sp³-hybridized carbons (Fsp3) is 0.889. The maximum absolute atomic E-state index is 11.4. The normalized spacial score (nSPS) is 26.7. The average Bonchev–Trinajstić information content (AvgIpc) is 1.97. The van der Waals surface area contributed by atoms with Crippen LogP contribution >= 0.6 is 0 Å². The summed E-state index contributed by atoms with van der Waals surface area (Å²) in [7, 11) is 0. The summed E-state index contributed by atoms with van der Waals surface area (Å²) in [6.45, 7) is 9.59. The molecule has 0 aromatic rings. The second-order valence-corrected chi connectivity index (χ2v) is 4.70. The van der Waals surface area contributed by atoms with E-state index in [1.54, 1.807) is 0 Å². The van der Waals surface area contributed by atoms with Crippen LogP contribution in [0.5, 0.6) is 0 Å². The minimum absolute atomic E-state index is 0.00803. The van der Waals surface area contributed by atoms with Crippen molar-refractivity contribution in [2.45, 2.75) is 39.3 Å². The summed E-state index contributed by atoms with van der Waals surface area (Å²) in [5.41, 5.74) is 0.0468. The molecule has 1 saturated heterocycles. The molecule has 1 amide bonds. The number of hydrogen-bond donors (Lipinski definition) is 1. The van der Waals surface area contributed by atoms with Crippen molar-refractivity contribution >= 4 is 5.91 Å². The molecule has 4 nitrogen and oxygen atoms in total. The lowest BCUT2D eigenvalue weighted by molar-refractivity contribution is -0.142. The van der Waals surface area contributed by atoms with Gasteiger partial charge in [0.15, 0.2) is 0 Å². The number of nitrogens with two attached hydrogens (primary N) is 1. The van der Waals surface area contributed by atoms with E-state index in [4.69, 9.17) is 5.84 Å². The molecule has 0 saturated carbocycles. The van der Waals surface area contributed by atoms with Crippen LogP contribution in [0.25, 0.3) is 0 Å². The summed E-state index contributed by atoms with van der Waals surface area (Å²) < 4.78 is 0. The third kappa shape index (κ3) is 2.19. The number of carbonyl (C=O) groups is 1. The van der Waals surface area contributed by atoms with Crippen molar-refractivity contribution in [2.24, 2.45) is 5.84 Å². The van der Waals surface area contributed by atoms with Gasteiger partial charge in [0.2, 0.25) is 0 Å². The summed E-state index contributed by atoms with van der Waals surface area (Å²) in [6.07, 6.45) is 0. The maximum atomic E-state index is 11.4. The van der Waals surface area contributed by atoms with Crippen LogP contribution in [-0.4, -0.2) is 40.5 Å². The van der Waals surface area contributed by atoms with E-state index in [1.807, 2.05) is 6.92 Å². The highest BCUT2D eigenvalue weighted by atomic mass is 16.2. The molecule has 1 atom stereocenters. The molecule has 0 bridgehead atoms. The Morgan fingerprint density at radius 3 is 2.38 bits per heavy atom. The van der Waals surface area contributed by atoms with Gasteiger partial charge in [0.25, 0.3) is 5.91 Å². The fourth-order valence-electron chi connectivity index (χ4n) is 1.47.